The molecule has 1 saturated heterocycles. The molecule has 2 atom stereocenters. The van der Waals surface area contributed by atoms with Crippen molar-refractivity contribution in [2.75, 3.05) is 7.11 Å². The molecule has 4 nitrogen and oxygen atoms in total. The molecule has 1 fully saturated rings. The third-order valence-electron chi connectivity index (χ3n) is 4.93. The molecule has 0 bridgehead atoms. The van der Waals surface area contributed by atoms with E-state index in [0.29, 0.717) is 12.0 Å². The van der Waals surface area contributed by atoms with Gasteiger partial charge in [0.2, 0.25) is 0 Å². The maximum atomic E-state index is 11.9. The van der Waals surface area contributed by atoms with Crippen molar-refractivity contribution in [3.05, 3.63) is 47.1 Å². The van der Waals surface area contributed by atoms with Crippen molar-refractivity contribution >= 4 is 11.9 Å². The molecule has 2 rings (SSSR count). The number of allylic oxidation sites excluding steroid dienone is 4. The van der Waals surface area contributed by atoms with Crippen molar-refractivity contribution in [3.63, 3.8) is 0 Å². The average molecular weight is 344 g/mol. The molecule has 0 amide bonds. The minimum Gasteiger partial charge on any atom is -0.466 e. The Morgan fingerprint density at radius 3 is 2.60 bits per heavy atom. The molecule has 0 N–H and O–H groups in total. The minimum absolute atomic E-state index is 0.0508. The molecule has 4 heteroatoms. The summed E-state index contributed by atoms with van der Waals surface area (Å²) in [5.41, 5.74) is 3.73. The van der Waals surface area contributed by atoms with Crippen molar-refractivity contribution in [3.8, 4) is 0 Å². The number of carbonyl (C=O) groups excluding carboxylic acids is 2. The lowest BCUT2D eigenvalue weighted by Crippen LogP contribution is -2.15. The number of fused-ring (bicyclic) bond motifs is 1. The highest BCUT2D eigenvalue weighted by Gasteiger charge is 2.36. The zero-order chi connectivity index (χ0) is 18.4. The normalized spacial score (nSPS) is 32.0. The summed E-state index contributed by atoms with van der Waals surface area (Å²) in [7, 11) is 1.42. The van der Waals surface area contributed by atoms with Gasteiger partial charge in [0, 0.05) is 17.1 Å². The average Bonchev–Trinajstić information content (AvgIpc) is 2.84. The first kappa shape index (κ1) is 19.2. The Morgan fingerprint density at radius 2 is 1.88 bits per heavy atom. The summed E-state index contributed by atoms with van der Waals surface area (Å²) in [5.74, 6) is -0.478. The first-order valence-corrected chi connectivity index (χ1v) is 8.92. The molecule has 1 heterocycles. The van der Waals surface area contributed by atoms with Crippen LogP contribution in [0.3, 0.4) is 0 Å². The van der Waals surface area contributed by atoms with Gasteiger partial charge in [-0.1, -0.05) is 29.9 Å². The second-order valence-corrected chi connectivity index (χ2v) is 6.90. The highest BCUT2D eigenvalue weighted by molar-refractivity contribution is 5.91. The van der Waals surface area contributed by atoms with Crippen LogP contribution in [0.1, 0.15) is 52.4 Å². The maximum absolute atomic E-state index is 11.9. The molecular weight excluding hydrogens is 316 g/mol. The molecule has 0 spiro atoms. The van der Waals surface area contributed by atoms with Crippen LogP contribution in [0.2, 0.25) is 0 Å². The first-order valence-electron chi connectivity index (χ1n) is 8.92. The Bertz CT molecular complexity index is 636. The van der Waals surface area contributed by atoms with Crippen LogP contribution in [-0.2, 0) is 19.1 Å². The molecule has 1 aliphatic heterocycles. The first-order chi connectivity index (χ1) is 11.9. The zero-order valence-electron chi connectivity index (χ0n) is 15.5. The summed E-state index contributed by atoms with van der Waals surface area (Å²) in [6, 6.07) is 0. The molecule has 25 heavy (non-hydrogen) atoms. The molecular formula is C21H28O4. The van der Waals surface area contributed by atoms with Crippen LogP contribution in [-0.4, -0.2) is 25.2 Å². The Labute approximate surface area is 150 Å². The van der Waals surface area contributed by atoms with Crippen LogP contribution >= 0.6 is 0 Å². The SMILES string of the molecule is C=C1C(=O)O[C@H]2/C=C(\C)CC/C=C(/C(=O)OC)CC/C=C(\C)CC[C@@H]12. The fourth-order valence-corrected chi connectivity index (χ4v) is 3.34. The lowest BCUT2D eigenvalue weighted by atomic mass is 9.89. The van der Waals surface area contributed by atoms with Crippen LogP contribution in [0.15, 0.2) is 47.1 Å². The van der Waals surface area contributed by atoms with Crippen molar-refractivity contribution in [1.82, 2.24) is 0 Å². The van der Waals surface area contributed by atoms with Gasteiger partial charge in [-0.25, -0.2) is 9.59 Å². The van der Waals surface area contributed by atoms with Gasteiger partial charge in [0.15, 0.2) is 0 Å². The second kappa shape index (κ2) is 8.84. The number of hydrogen-bond acceptors (Lipinski definition) is 4. The van der Waals surface area contributed by atoms with Crippen LogP contribution in [0, 0.1) is 5.92 Å². The minimum atomic E-state index is -0.280. The van der Waals surface area contributed by atoms with E-state index in [2.05, 4.69) is 19.6 Å². The van der Waals surface area contributed by atoms with Crippen LogP contribution in [0.5, 0.6) is 0 Å². The number of hydrogen-bond donors (Lipinski definition) is 0. The van der Waals surface area contributed by atoms with Crippen molar-refractivity contribution in [2.24, 2.45) is 5.92 Å². The van der Waals surface area contributed by atoms with Crippen molar-refractivity contribution < 1.29 is 19.1 Å². The molecule has 2 aliphatic rings. The summed E-state index contributed by atoms with van der Waals surface area (Å²) >= 11 is 0. The van der Waals surface area contributed by atoms with Crippen LogP contribution in [0.25, 0.3) is 0 Å². The van der Waals surface area contributed by atoms with E-state index in [1.54, 1.807) is 0 Å². The van der Waals surface area contributed by atoms with E-state index in [9.17, 15) is 9.59 Å². The standard InChI is InChI=1S/C21H28O4/c1-14-7-5-9-17(21(23)24-4)10-6-8-15(2)13-19-18(12-11-14)16(3)20(22)25-19/h7,10,13,18-19H,3,5-6,8-9,11-12H2,1-2,4H3/b14-7+,15-13+,17-10+/t18-,19-/m0/s1. The lowest BCUT2D eigenvalue weighted by Gasteiger charge is -2.16. The number of rotatable bonds is 1. The summed E-state index contributed by atoms with van der Waals surface area (Å²) in [5, 5.41) is 0. The van der Waals surface area contributed by atoms with Crippen molar-refractivity contribution in [1.29, 1.82) is 0 Å². The molecule has 0 saturated carbocycles. The molecule has 1 aliphatic carbocycles. The van der Waals surface area contributed by atoms with Crippen molar-refractivity contribution in [2.45, 2.75) is 58.5 Å². The fourth-order valence-electron chi connectivity index (χ4n) is 3.34. The summed E-state index contributed by atoms with van der Waals surface area (Å²) in [4.78, 5) is 23.8. The molecule has 0 aromatic rings. The topological polar surface area (TPSA) is 52.6 Å². The maximum Gasteiger partial charge on any atom is 0.334 e. The predicted molar refractivity (Wildman–Crippen MR) is 97.8 cm³/mol. The summed E-state index contributed by atoms with van der Waals surface area (Å²) < 4.78 is 10.4. The monoisotopic (exact) mass is 344 g/mol. The van der Waals surface area contributed by atoms with Gasteiger partial charge in [0.05, 0.1) is 7.11 Å². The largest absolute Gasteiger partial charge is 0.466 e. The van der Waals surface area contributed by atoms with Gasteiger partial charge in [0.1, 0.15) is 6.10 Å². The van der Waals surface area contributed by atoms with E-state index in [4.69, 9.17) is 9.47 Å². The number of ether oxygens (including phenoxy) is 2. The van der Waals surface area contributed by atoms with E-state index < -0.39 is 0 Å². The van der Waals surface area contributed by atoms with Crippen LogP contribution < -0.4 is 0 Å². The molecule has 136 valence electrons. The highest BCUT2D eigenvalue weighted by Crippen LogP contribution is 2.33. The Morgan fingerprint density at radius 1 is 1.16 bits per heavy atom. The van der Waals surface area contributed by atoms with Gasteiger partial charge in [-0.3, -0.25) is 0 Å². The Kier molecular flexibility index (Phi) is 6.80. The van der Waals surface area contributed by atoms with Gasteiger partial charge in [-0.15, -0.1) is 0 Å². The van der Waals surface area contributed by atoms with E-state index >= 15 is 0 Å². The smallest absolute Gasteiger partial charge is 0.334 e. The van der Waals surface area contributed by atoms with E-state index in [1.807, 2.05) is 19.1 Å². The molecule has 0 unspecified atom stereocenters. The fraction of sp³-hybridized carbons (Fsp3) is 0.524. The number of carbonyl (C=O) groups is 2. The molecule has 0 aromatic carbocycles. The van der Waals surface area contributed by atoms with Crippen LogP contribution in [0.4, 0.5) is 0 Å². The van der Waals surface area contributed by atoms with E-state index in [1.165, 1.54) is 12.7 Å². The van der Waals surface area contributed by atoms with Gasteiger partial charge < -0.3 is 9.47 Å². The second-order valence-electron chi connectivity index (χ2n) is 6.90. The molecule has 0 radical (unpaired) electrons. The summed E-state index contributed by atoms with van der Waals surface area (Å²) in [6.07, 6.45) is 10.8. The Hall–Kier alpha value is -2.10. The van der Waals surface area contributed by atoms with E-state index in [0.717, 1.165) is 43.3 Å². The van der Waals surface area contributed by atoms with Gasteiger partial charge in [0.25, 0.3) is 0 Å². The summed E-state index contributed by atoms with van der Waals surface area (Å²) in [6.45, 7) is 8.05. The van der Waals surface area contributed by atoms with Gasteiger partial charge in [-0.2, -0.15) is 0 Å². The van der Waals surface area contributed by atoms with E-state index in [-0.39, 0.29) is 24.0 Å². The zero-order valence-corrected chi connectivity index (χ0v) is 15.5. The quantitative estimate of drug-likeness (QED) is 0.401. The lowest BCUT2D eigenvalue weighted by molar-refractivity contribution is -0.138. The third kappa shape index (κ3) is 5.18. The van der Waals surface area contributed by atoms with Gasteiger partial charge >= 0.3 is 11.9 Å². The number of methoxy groups -OCH3 is 1. The third-order valence-corrected chi connectivity index (χ3v) is 4.93. The molecule has 0 aromatic heterocycles. The highest BCUT2D eigenvalue weighted by atomic mass is 16.6. The Balaban J connectivity index is 2.23. The number of esters is 2. The predicted octanol–water partition coefficient (Wildman–Crippen LogP) is 4.43. The van der Waals surface area contributed by atoms with Gasteiger partial charge in [-0.05, 0) is 58.4 Å².